The molecule has 0 N–H and O–H groups in total. The van der Waals surface area contributed by atoms with Crippen molar-refractivity contribution < 1.29 is 18.8 Å². The van der Waals surface area contributed by atoms with Gasteiger partial charge in [0.2, 0.25) is 0 Å². The number of hydrogen-bond donors (Lipinski definition) is 0. The maximum atomic E-state index is 12.0. The normalized spacial score (nSPS) is 22.8. The molecule has 0 aromatic carbocycles. The van der Waals surface area contributed by atoms with Gasteiger partial charge < -0.3 is 18.9 Å². The molecular weight excluding hydrogens is 269 g/mol. The van der Waals surface area contributed by atoms with Crippen LogP contribution in [0.3, 0.4) is 0 Å². The maximum Gasteiger partial charge on any atom is 0.489 e. The smallest absolute Gasteiger partial charge is 0.444 e. The van der Waals surface area contributed by atoms with Crippen LogP contribution in [0, 0.1) is 5.41 Å². The molecule has 2 heterocycles. The highest BCUT2D eigenvalue weighted by atomic mass is 16.6. The lowest BCUT2D eigenvalue weighted by Gasteiger charge is -2.35. The van der Waals surface area contributed by atoms with E-state index in [4.69, 9.17) is 14.0 Å². The molecular formula is C15H26BNO4. The van der Waals surface area contributed by atoms with E-state index in [0.29, 0.717) is 26.3 Å². The van der Waals surface area contributed by atoms with Crippen molar-refractivity contribution in [2.45, 2.75) is 46.6 Å². The first kappa shape index (κ1) is 16.4. The number of amides is 1. The Kier molecular flexibility index (Phi) is 4.68. The molecule has 2 aliphatic heterocycles. The number of hydrogen-bond acceptors (Lipinski definition) is 4. The minimum absolute atomic E-state index is 0.0777. The van der Waals surface area contributed by atoms with Gasteiger partial charge in [0, 0.05) is 31.7 Å². The van der Waals surface area contributed by atoms with E-state index in [2.05, 4.69) is 13.8 Å². The molecule has 5 nitrogen and oxygen atoms in total. The lowest BCUT2D eigenvalue weighted by atomic mass is 9.72. The molecule has 0 unspecified atom stereocenters. The van der Waals surface area contributed by atoms with Gasteiger partial charge in [-0.2, -0.15) is 0 Å². The van der Waals surface area contributed by atoms with Crippen molar-refractivity contribution in [1.29, 1.82) is 0 Å². The first-order valence-electron chi connectivity index (χ1n) is 7.56. The second kappa shape index (κ2) is 6.01. The molecule has 0 radical (unpaired) electrons. The van der Waals surface area contributed by atoms with Crippen molar-refractivity contribution in [2.75, 3.05) is 26.3 Å². The number of carbonyl (C=O) groups excluding carboxylic acids is 1. The summed E-state index contributed by atoms with van der Waals surface area (Å²) in [4.78, 5) is 13.7. The molecule has 2 aliphatic rings. The topological polar surface area (TPSA) is 48.0 Å². The molecule has 0 aromatic rings. The predicted molar refractivity (Wildman–Crippen MR) is 81.9 cm³/mol. The van der Waals surface area contributed by atoms with Crippen LogP contribution >= 0.6 is 0 Å². The zero-order chi connectivity index (χ0) is 15.7. The van der Waals surface area contributed by atoms with Crippen LogP contribution in [0.2, 0.25) is 0 Å². The highest BCUT2D eigenvalue weighted by Gasteiger charge is 2.36. The SMILES string of the molecule is CC1(C)COB(C2=CCN(C(=O)OC(C)(C)C)CC2)OC1. The summed E-state index contributed by atoms with van der Waals surface area (Å²) in [5.74, 6) is 0. The Labute approximate surface area is 127 Å². The van der Waals surface area contributed by atoms with Crippen LogP contribution in [0.15, 0.2) is 11.5 Å². The van der Waals surface area contributed by atoms with Crippen LogP contribution in [-0.2, 0) is 14.0 Å². The standard InChI is InChI=1S/C15H26BNO4/c1-14(2,3)21-13(18)17-8-6-12(7-9-17)16-19-10-15(4,5)11-20-16/h6H,7-11H2,1-5H3. The second-order valence-corrected chi connectivity index (χ2v) is 7.57. The molecule has 0 bridgehead atoms. The van der Waals surface area contributed by atoms with E-state index in [0.717, 1.165) is 11.9 Å². The third-order valence-electron chi connectivity index (χ3n) is 3.45. The van der Waals surface area contributed by atoms with Crippen LogP contribution in [0.5, 0.6) is 0 Å². The molecule has 1 amide bonds. The van der Waals surface area contributed by atoms with E-state index in [1.54, 1.807) is 4.90 Å². The Morgan fingerprint density at radius 2 is 1.95 bits per heavy atom. The van der Waals surface area contributed by atoms with Crippen LogP contribution in [0.25, 0.3) is 0 Å². The Morgan fingerprint density at radius 1 is 1.33 bits per heavy atom. The summed E-state index contributed by atoms with van der Waals surface area (Å²) in [6.45, 7) is 12.5. The zero-order valence-electron chi connectivity index (χ0n) is 13.8. The molecule has 118 valence electrons. The minimum atomic E-state index is -0.456. The molecule has 0 aromatic heterocycles. The van der Waals surface area contributed by atoms with Crippen molar-refractivity contribution in [3.8, 4) is 0 Å². The quantitative estimate of drug-likeness (QED) is 0.698. The van der Waals surface area contributed by atoms with Gasteiger partial charge in [0.05, 0.1) is 0 Å². The molecule has 21 heavy (non-hydrogen) atoms. The van der Waals surface area contributed by atoms with Crippen LogP contribution in [0.4, 0.5) is 4.79 Å². The van der Waals surface area contributed by atoms with Gasteiger partial charge >= 0.3 is 13.2 Å². The van der Waals surface area contributed by atoms with Gasteiger partial charge in [-0.25, -0.2) is 4.79 Å². The third kappa shape index (κ3) is 4.75. The summed E-state index contributed by atoms with van der Waals surface area (Å²) >= 11 is 0. The van der Waals surface area contributed by atoms with E-state index in [9.17, 15) is 4.79 Å². The largest absolute Gasteiger partial charge is 0.489 e. The lowest BCUT2D eigenvalue weighted by Crippen LogP contribution is -2.45. The minimum Gasteiger partial charge on any atom is -0.444 e. The Morgan fingerprint density at radius 3 is 2.43 bits per heavy atom. The Bertz CT molecular complexity index is 418. The zero-order valence-corrected chi connectivity index (χ0v) is 13.8. The van der Waals surface area contributed by atoms with Gasteiger partial charge in [0.1, 0.15) is 5.60 Å². The van der Waals surface area contributed by atoms with Gasteiger partial charge in [0.15, 0.2) is 0 Å². The van der Waals surface area contributed by atoms with Gasteiger partial charge in [-0.15, -0.1) is 0 Å². The molecule has 1 fully saturated rings. The van der Waals surface area contributed by atoms with Gasteiger partial charge in [-0.05, 0) is 32.7 Å². The van der Waals surface area contributed by atoms with E-state index in [1.807, 2.05) is 26.8 Å². The fourth-order valence-electron chi connectivity index (χ4n) is 2.30. The highest BCUT2D eigenvalue weighted by molar-refractivity contribution is 6.53. The maximum absolute atomic E-state index is 12.0. The van der Waals surface area contributed by atoms with E-state index in [-0.39, 0.29) is 18.6 Å². The molecule has 0 saturated carbocycles. The number of nitrogens with zero attached hydrogens (tertiary/aromatic N) is 1. The molecule has 0 spiro atoms. The summed E-state index contributed by atoms with van der Waals surface area (Å²) in [5.41, 5.74) is 0.751. The Balaban J connectivity index is 1.86. The van der Waals surface area contributed by atoms with Crippen molar-refractivity contribution in [3.05, 3.63) is 11.5 Å². The second-order valence-electron chi connectivity index (χ2n) is 7.57. The fourth-order valence-corrected chi connectivity index (χ4v) is 2.30. The van der Waals surface area contributed by atoms with E-state index < -0.39 is 5.60 Å². The average Bonchev–Trinajstić information content (AvgIpc) is 2.37. The fraction of sp³-hybridized carbons (Fsp3) is 0.800. The number of ether oxygens (including phenoxy) is 1. The summed E-state index contributed by atoms with van der Waals surface area (Å²) in [6.07, 6.45) is 2.53. The molecule has 0 aliphatic carbocycles. The van der Waals surface area contributed by atoms with E-state index in [1.165, 1.54) is 0 Å². The van der Waals surface area contributed by atoms with E-state index >= 15 is 0 Å². The highest BCUT2D eigenvalue weighted by Crippen LogP contribution is 2.26. The molecule has 6 heteroatoms. The number of rotatable bonds is 1. The van der Waals surface area contributed by atoms with Crippen molar-refractivity contribution >= 4 is 13.2 Å². The summed E-state index contributed by atoms with van der Waals surface area (Å²) in [7, 11) is -0.251. The first-order valence-corrected chi connectivity index (χ1v) is 7.56. The number of carbonyl (C=O) groups is 1. The average molecular weight is 295 g/mol. The van der Waals surface area contributed by atoms with Gasteiger partial charge in [-0.1, -0.05) is 19.9 Å². The summed E-state index contributed by atoms with van der Waals surface area (Å²) in [6, 6.07) is 0. The lowest BCUT2D eigenvalue weighted by molar-refractivity contribution is 0.0241. The van der Waals surface area contributed by atoms with Crippen LogP contribution < -0.4 is 0 Å². The summed E-state index contributed by atoms with van der Waals surface area (Å²) < 4.78 is 16.9. The van der Waals surface area contributed by atoms with Crippen LogP contribution in [-0.4, -0.2) is 50.0 Å². The monoisotopic (exact) mass is 295 g/mol. The van der Waals surface area contributed by atoms with Crippen molar-refractivity contribution in [1.82, 2.24) is 4.90 Å². The third-order valence-corrected chi connectivity index (χ3v) is 3.45. The van der Waals surface area contributed by atoms with Crippen molar-refractivity contribution in [2.24, 2.45) is 5.41 Å². The molecule has 1 saturated heterocycles. The first-order chi connectivity index (χ1) is 9.66. The molecule has 0 atom stereocenters. The summed E-state index contributed by atoms with van der Waals surface area (Å²) in [5, 5.41) is 0. The van der Waals surface area contributed by atoms with Gasteiger partial charge in [-0.3, -0.25) is 0 Å². The predicted octanol–water partition coefficient (Wildman–Crippen LogP) is 2.65. The van der Waals surface area contributed by atoms with Crippen LogP contribution in [0.1, 0.15) is 41.0 Å². The van der Waals surface area contributed by atoms with Gasteiger partial charge in [0.25, 0.3) is 0 Å². The Hall–Kier alpha value is -1.01. The molecule has 2 rings (SSSR count). The van der Waals surface area contributed by atoms with Crippen molar-refractivity contribution in [3.63, 3.8) is 0 Å².